The first-order valence-corrected chi connectivity index (χ1v) is 8.04. The molecule has 0 radical (unpaired) electrons. The predicted molar refractivity (Wildman–Crippen MR) is 90.2 cm³/mol. The average Bonchev–Trinajstić information content (AvgIpc) is 3.21. The molecule has 128 valence electrons. The van der Waals surface area contributed by atoms with E-state index in [-0.39, 0.29) is 18.9 Å². The average molecular weight is 333 g/mol. The monoisotopic (exact) mass is 333 g/mol. The molecule has 2 aromatic rings. The van der Waals surface area contributed by atoms with E-state index in [2.05, 4.69) is 4.98 Å². The maximum Gasteiger partial charge on any atom is 0.311 e. The third kappa shape index (κ3) is 3.59. The van der Waals surface area contributed by atoms with Gasteiger partial charge in [-0.1, -0.05) is 6.07 Å². The number of aliphatic carboxylic acids is 1. The van der Waals surface area contributed by atoms with Gasteiger partial charge in [-0.2, -0.15) is 0 Å². The summed E-state index contributed by atoms with van der Waals surface area (Å²) in [4.78, 5) is 27.3. The lowest BCUT2D eigenvalue weighted by Gasteiger charge is -2.19. The second-order valence-corrected chi connectivity index (χ2v) is 6.05. The molecule has 1 aliphatic heterocycles. The molecule has 0 spiro atoms. The summed E-state index contributed by atoms with van der Waals surface area (Å²) in [6.45, 7) is -1.58. The number of aromatic amines is 1. The van der Waals surface area contributed by atoms with Crippen molar-refractivity contribution in [2.24, 2.45) is 0 Å². The van der Waals surface area contributed by atoms with E-state index >= 15 is 0 Å². The molecule has 0 bridgehead atoms. The Kier molecular flexibility index (Phi) is 3.82. The van der Waals surface area contributed by atoms with Crippen LogP contribution in [0, 0.1) is 0 Å². The summed E-state index contributed by atoms with van der Waals surface area (Å²) >= 11 is 0. The fourth-order valence-corrected chi connectivity index (χ4v) is 3.15. The SMILES string of the molecule is [2H]C([2H])([2H])N1CCC[C@@H]1Cc1c[nH]c2cccc(OC(=O)CCC(=O)O)c12. The highest BCUT2D eigenvalue weighted by Crippen LogP contribution is 2.31. The van der Waals surface area contributed by atoms with Crippen LogP contribution < -0.4 is 4.74 Å². The van der Waals surface area contributed by atoms with E-state index in [1.807, 2.05) is 12.3 Å². The normalized spacial score (nSPS) is 20.5. The van der Waals surface area contributed by atoms with Crippen LogP contribution in [0.1, 0.15) is 35.4 Å². The van der Waals surface area contributed by atoms with Crippen LogP contribution in [0.25, 0.3) is 10.9 Å². The molecule has 1 atom stereocenters. The fourth-order valence-electron chi connectivity index (χ4n) is 3.15. The summed E-state index contributed by atoms with van der Waals surface area (Å²) in [7, 11) is 0. The zero-order valence-corrected chi connectivity index (χ0v) is 13.2. The molecular formula is C18H22N2O4. The van der Waals surface area contributed by atoms with Crippen LogP contribution in [0.5, 0.6) is 5.75 Å². The second-order valence-electron chi connectivity index (χ2n) is 6.05. The molecule has 1 saturated heterocycles. The van der Waals surface area contributed by atoms with Gasteiger partial charge in [0.15, 0.2) is 0 Å². The van der Waals surface area contributed by atoms with Gasteiger partial charge in [0.25, 0.3) is 0 Å². The van der Waals surface area contributed by atoms with E-state index in [0.717, 1.165) is 29.3 Å². The number of ether oxygens (including phenoxy) is 1. The van der Waals surface area contributed by atoms with Crippen molar-refractivity contribution in [3.63, 3.8) is 0 Å². The molecule has 2 N–H and O–H groups in total. The van der Waals surface area contributed by atoms with E-state index in [0.29, 0.717) is 18.7 Å². The Morgan fingerprint density at radius 1 is 1.46 bits per heavy atom. The Morgan fingerprint density at radius 2 is 2.33 bits per heavy atom. The van der Waals surface area contributed by atoms with Crippen molar-refractivity contribution in [2.75, 3.05) is 13.5 Å². The number of hydrogen-bond acceptors (Lipinski definition) is 4. The van der Waals surface area contributed by atoms with Gasteiger partial charge >= 0.3 is 11.9 Å². The van der Waals surface area contributed by atoms with Crippen LogP contribution in [0.4, 0.5) is 0 Å². The number of likely N-dealkylation sites (tertiary alicyclic amines) is 1. The van der Waals surface area contributed by atoms with E-state index in [1.165, 1.54) is 0 Å². The van der Waals surface area contributed by atoms with Crippen LogP contribution in [-0.2, 0) is 16.0 Å². The summed E-state index contributed by atoms with van der Waals surface area (Å²) in [6.07, 6.45) is 3.48. The Balaban J connectivity index is 1.83. The van der Waals surface area contributed by atoms with E-state index in [1.54, 1.807) is 17.0 Å². The number of benzene rings is 1. The topological polar surface area (TPSA) is 82.6 Å². The first-order valence-electron chi connectivity index (χ1n) is 9.54. The number of carboxylic acids is 1. The van der Waals surface area contributed by atoms with Crippen LogP contribution >= 0.6 is 0 Å². The van der Waals surface area contributed by atoms with Crippen LogP contribution in [0.15, 0.2) is 24.4 Å². The number of hydrogen-bond donors (Lipinski definition) is 2. The standard InChI is InChI=1S/C18H22N2O4/c1-20-9-3-4-13(20)10-12-11-19-14-5-2-6-15(18(12)14)24-17(23)8-7-16(21)22/h2,5-6,11,13,19H,3-4,7-10H2,1H3,(H,21,22)/t13-/m1/s1/i1D3. The molecule has 0 saturated carbocycles. The largest absolute Gasteiger partial charge is 0.481 e. The van der Waals surface area contributed by atoms with Crippen LogP contribution in [0.2, 0.25) is 0 Å². The number of H-pyrrole nitrogens is 1. The van der Waals surface area contributed by atoms with Crippen molar-refractivity contribution in [3.8, 4) is 5.75 Å². The molecule has 0 aliphatic carbocycles. The quantitative estimate of drug-likeness (QED) is 0.627. The lowest BCUT2D eigenvalue weighted by atomic mass is 10.0. The molecule has 6 nitrogen and oxygen atoms in total. The molecule has 24 heavy (non-hydrogen) atoms. The molecule has 1 aliphatic rings. The van der Waals surface area contributed by atoms with Gasteiger partial charge in [0.1, 0.15) is 5.75 Å². The molecule has 6 heteroatoms. The fraction of sp³-hybridized carbons (Fsp3) is 0.444. The number of carbonyl (C=O) groups excluding carboxylic acids is 1. The van der Waals surface area contributed by atoms with E-state index in [9.17, 15) is 9.59 Å². The summed E-state index contributed by atoms with van der Waals surface area (Å²) < 4.78 is 28.5. The third-order valence-electron chi connectivity index (χ3n) is 4.35. The minimum Gasteiger partial charge on any atom is -0.481 e. The van der Waals surface area contributed by atoms with Gasteiger partial charge in [0.2, 0.25) is 0 Å². The Hall–Kier alpha value is -2.34. The minimum atomic E-state index is -2.13. The van der Waals surface area contributed by atoms with Crippen molar-refractivity contribution in [3.05, 3.63) is 30.0 Å². The Morgan fingerprint density at radius 3 is 3.12 bits per heavy atom. The van der Waals surface area contributed by atoms with Crippen molar-refractivity contribution >= 4 is 22.8 Å². The van der Waals surface area contributed by atoms with Crippen molar-refractivity contribution < 1.29 is 23.5 Å². The minimum absolute atomic E-state index is 0.104. The van der Waals surface area contributed by atoms with Crippen LogP contribution in [-0.4, -0.2) is 46.5 Å². The van der Waals surface area contributed by atoms with Crippen molar-refractivity contribution in [1.29, 1.82) is 0 Å². The number of nitrogens with zero attached hydrogens (tertiary/aromatic N) is 1. The second kappa shape index (κ2) is 7.05. The number of rotatable bonds is 6. The van der Waals surface area contributed by atoms with Gasteiger partial charge < -0.3 is 19.7 Å². The van der Waals surface area contributed by atoms with Crippen LogP contribution in [0.3, 0.4) is 0 Å². The maximum absolute atomic E-state index is 11.9. The maximum atomic E-state index is 11.9. The molecular weight excluding hydrogens is 308 g/mol. The summed E-state index contributed by atoms with van der Waals surface area (Å²) in [5, 5.41) is 9.43. The Bertz CT molecular complexity index is 847. The first kappa shape index (κ1) is 13.0. The molecule has 2 heterocycles. The molecule has 1 fully saturated rings. The van der Waals surface area contributed by atoms with E-state index < -0.39 is 18.9 Å². The van der Waals surface area contributed by atoms with E-state index in [4.69, 9.17) is 14.0 Å². The van der Waals surface area contributed by atoms with Gasteiger partial charge in [-0.25, -0.2) is 0 Å². The zero-order chi connectivity index (χ0) is 19.6. The highest BCUT2D eigenvalue weighted by atomic mass is 16.5. The number of esters is 1. The molecule has 1 aromatic carbocycles. The predicted octanol–water partition coefficient (Wildman–Crippen LogP) is 2.57. The van der Waals surface area contributed by atoms with Crippen molar-refractivity contribution in [2.45, 2.75) is 38.1 Å². The first-order chi connectivity index (χ1) is 12.8. The Labute approximate surface area is 144 Å². The van der Waals surface area contributed by atoms with Gasteiger partial charge in [-0.3, -0.25) is 9.59 Å². The molecule has 0 unspecified atom stereocenters. The lowest BCUT2D eigenvalue weighted by molar-refractivity contribution is -0.142. The van der Waals surface area contributed by atoms with Gasteiger partial charge in [-0.05, 0) is 50.5 Å². The number of likely N-dealkylation sites (N-methyl/N-ethyl adjacent to an activating group) is 1. The summed E-state index contributed by atoms with van der Waals surface area (Å²) in [5.41, 5.74) is 1.67. The number of carbonyl (C=O) groups is 2. The smallest absolute Gasteiger partial charge is 0.311 e. The molecule has 3 rings (SSSR count). The molecule has 1 aromatic heterocycles. The van der Waals surface area contributed by atoms with Gasteiger partial charge in [0, 0.05) is 27.3 Å². The highest BCUT2D eigenvalue weighted by molar-refractivity contribution is 5.91. The van der Waals surface area contributed by atoms with Gasteiger partial charge in [-0.15, -0.1) is 0 Å². The molecule has 0 amide bonds. The van der Waals surface area contributed by atoms with Crippen molar-refractivity contribution in [1.82, 2.24) is 9.88 Å². The number of carboxylic acid groups (broad SMARTS) is 1. The summed E-state index contributed by atoms with van der Waals surface area (Å²) in [6, 6.07) is 5.15. The summed E-state index contributed by atoms with van der Waals surface area (Å²) in [5.74, 6) is -1.31. The third-order valence-corrected chi connectivity index (χ3v) is 4.35. The van der Waals surface area contributed by atoms with Gasteiger partial charge in [0.05, 0.1) is 12.8 Å². The number of aromatic nitrogens is 1. The highest BCUT2D eigenvalue weighted by Gasteiger charge is 2.23. The number of fused-ring (bicyclic) bond motifs is 1. The lowest BCUT2D eigenvalue weighted by Crippen LogP contribution is -2.26. The zero-order valence-electron chi connectivity index (χ0n) is 16.2. The number of nitrogens with one attached hydrogen (secondary N) is 1.